The minimum atomic E-state index is 0.182. The molecule has 0 heterocycles. The van der Waals surface area contributed by atoms with E-state index in [9.17, 15) is 4.79 Å². The second-order valence-electron chi connectivity index (χ2n) is 5.00. The summed E-state index contributed by atoms with van der Waals surface area (Å²) in [5.41, 5.74) is 0.918. The van der Waals surface area contributed by atoms with E-state index in [4.69, 9.17) is 4.74 Å². The molecule has 1 aliphatic rings. The summed E-state index contributed by atoms with van der Waals surface area (Å²) in [5, 5.41) is 0. The van der Waals surface area contributed by atoms with Crippen molar-refractivity contribution in [3.8, 4) is 0 Å². The number of allylic oxidation sites excluding steroid dienone is 4. The van der Waals surface area contributed by atoms with E-state index < -0.39 is 0 Å². The Morgan fingerprint density at radius 3 is 2.44 bits per heavy atom. The molecule has 0 aromatic heterocycles. The summed E-state index contributed by atoms with van der Waals surface area (Å²) in [6.45, 7) is 4.69. The van der Waals surface area contributed by atoms with Crippen molar-refractivity contribution in [2.45, 2.75) is 65.2 Å². The molecule has 0 aromatic carbocycles. The van der Waals surface area contributed by atoms with Crippen LogP contribution in [0.5, 0.6) is 0 Å². The molecule has 0 saturated heterocycles. The van der Waals surface area contributed by atoms with Gasteiger partial charge in [-0.3, -0.25) is 4.79 Å². The fraction of sp³-hybridized carbons (Fsp3) is 0.688. The van der Waals surface area contributed by atoms with Crippen LogP contribution in [0.4, 0.5) is 0 Å². The Morgan fingerprint density at radius 2 is 1.83 bits per heavy atom. The number of hydrogen-bond acceptors (Lipinski definition) is 2. The summed E-state index contributed by atoms with van der Waals surface area (Å²) >= 11 is 0. The van der Waals surface area contributed by atoms with Gasteiger partial charge >= 0.3 is 0 Å². The average molecular weight is 250 g/mol. The van der Waals surface area contributed by atoms with Gasteiger partial charge in [0.15, 0.2) is 5.78 Å². The van der Waals surface area contributed by atoms with Crippen LogP contribution in [0, 0.1) is 0 Å². The van der Waals surface area contributed by atoms with Crippen LogP contribution in [0.3, 0.4) is 0 Å². The molecule has 102 valence electrons. The lowest BCUT2D eigenvalue weighted by Crippen LogP contribution is -2.04. The average Bonchev–Trinajstić information content (AvgIpc) is 2.38. The minimum absolute atomic E-state index is 0.182. The second-order valence-corrected chi connectivity index (χ2v) is 5.00. The van der Waals surface area contributed by atoms with Gasteiger partial charge < -0.3 is 4.74 Å². The lowest BCUT2D eigenvalue weighted by Gasteiger charge is -2.14. The van der Waals surface area contributed by atoms with Crippen molar-refractivity contribution in [3.05, 3.63) is 23.5 Å². The lowest BCUT2D eigenvalue weighted by atomic mass is 10.0. The fourth-order valence-corrected chi connectivity index (χ4v) is 2.12. The standard InChI is InChI=1S/C16H26O2/c1-3-4-5-6-7-8-13-18-16-11-9-15(10-12-16)14(2)17/h9,11H,3-8,10,12-13H2,1-2H3. The van der Waals surface area contributed by atoms with Crippen LogP contribution in [0.25, 0.3) is 0 Å². The quantitative estimate of drug-likeness (QED) is 0.561. The summed E-state index contributed by atoms with van der Waals surface area (Å²) in [7, 11) is 0. The molecule has 1 rings (SSSR count). The van der Waals surface area contributed by atoms with E-state index in [1.54, 1.807) is 6.92 Å². The maximum absolute atomic E-state index is 11.2. The van der Waals surface area contributed by atoms with Gasteiger partial charge in [0.05, 0.1) is 12.4 Å². The second kappa shape index (κ2) is 8.96. The molecule has 0 N–H and O–H groups in total. The van der Waals surface area contributed by atoms with Crippen LogP contribution in [-0.2, 0) is 9.53 Å². The molecule has 0 saturated carbocycles. The van der Waals surface area contributed by atoms with Crippen molar-refractivity contribution in [1.29, 1.82) is 0 Å². The zero-order valence-electron chi connectivity index (χ0n) is 11.8. The predicted octanol–water partition coefficient (Wildman–Crippen LogP) is 4.56. The number of hydrogen-bond donors (Lipinski definition) is 0. The van der Waals surface area contributed by atoms with E-state index in [0.717, 1.165) is 37.2 Å². The van der Waals surface area contributed by atoms with E-state index in [1.807, 2.05) is 12.2 Å². The number of ketones is 1. The lowest BCUT2D eigenvalue weighted by molar-refractivity contribution is -0.113. The highest BCUT2D eigenvalue weighted by atomic mass is 16.5. The molecule has 0 spiro atoms. The normalized spacial score (nSPS) is 15.0. The van der Waals surface area contributed by atoms with Crippen LogP contribution in [0.15, 0.2) is 23.5 Å². The Labute approximate surface area is 111 Å². The predicted molar refractivity (Wildman–Crippen MR) is 75.4 cm³/mol. The first kappa shape index (κ1) is 15.0. The Bertz CT molecular complexity index is 313. The Balaban J connectivity index is 2.08. The van der Waals surface area contributed by atoms with E-state index >= 15 is 0 Å². The molecule has 0 unspecified atom stereocenters. The summed E-state index contributed by atoms with van der Waals surface area (Å²) in [4.78, 5) is 11.2. The number of ether oxygens (including phenoxy) is 1. The largest absolute Gasteiger partial charge is 0.498 e. The molecule has 2 heteroatoms. The first-order valence-electron chi connectivity index (χ1n) is 7.27. The van der Waals surface area contributed by atoms with Crippen LogP contribution in [0.2, 0.25) is 0 Å². The molecule has 0 radical (unpaired) electrons. The summed E-state index contributed by atoms with van der Waals surface area (Å²) in [5.74, 6) is 1.22. The highest BCUT2D eigenvalue weighted by Gasteiger charge is 2.10. The number of rotatable bonds is 9. The van der Waals surface area contributed by atoms with Gasteiger partial charge in [0.2, 0.25) is 0 Å². The van der Waals surface area contributed by atoms with E-state index in [1.165, 1.54) is 32.1 Å². The molecular formula is C16H26O2. The summed E-state index contributed by atoms with van der Waals surface area (Å²) in [6, 6.07) is 0. The van der Waals surface area contributed by atoms with E-state index in [2.05, 4.69) is 6.92 Å². The van der Waals surface area contributed by atoms with Crippen LogP contribution >= 0.6 is 0 Å². The Kier molecular flexibility index (Phi) is 7.47. The van der Waals surface area contributed by atoms with Crippen LogP contribution < -0.4 is 0 Å². The van der Waals surface area contributed by atoms with Gasteiger partial charge in [-0.15, -0.1) is 0 Å². The zero-order valence-corrected chi connectivity index (χ0v) is 11.8. The van der Waals surface area contributed by atoms with Crippen molar-refractivity contribution in [2.75, 3.05) is 6.61 Å². The molecule has 0 aliphatic heterocycles. The topological polar surface area (TPSA) is 26.3 Å². The minimum Gasteiger partial charge on any atom is -0.498 e. The summed E-state index contributed by atoms with van der Waals surface area (Å²) in [6.07, 6.45) is 13.3. The molecule has 0 fully saturated rings. The third kappa shape index (κ3) is 6.04. The molecule has 1 aliphatic carbocycles. The van der Waals surface area contributed by atoms with Crippen molar-refractivity contribution in [2.24, 2.45) is 0 Å². The monoisotopic (exact) mass is 250 g/mol. The van der Waals surface area contributed by atoms with Crippen molar-refractivity contribution in [1.82, 2.24) is 0 Å². The van der Waals surface area contributed by atoms with Crippen LogP contribution in [-0.4, -0.2) is 12.4 Å². The van der Waals surface area contributed by atoms with Crippen molar-refractivity contribution in [3.63, 3.8) is 0 Å². The Hall–Kier alpha value is -1.05. The first-order valence-corrected chi connectivity index (χ1v) is 7.27. The highest BCUT2D eigenvalue weighted by Crippen LogP contribution is 2.20. The number of carbonyl (C=O) groups is 1. The van der Waals surface area contributed by atoms with Gasteiger partial charge in [-0.25, -0.2) is 0 Å². The highest BCUT2D eigenvalue weighted by molar-refractivity contribution is 5.93. The smallest absolute Gasteiger partial charge is 0.155 e. The number of unbranched alkanes of at least 4 members (excludes halogenated alkanes) is 5. The van der Waals surface area contributed by atoms with Gasteiger partial charge in [-0.05, 0) is 31.4 Å². The fourth-order valence-electron chi connectivity index (χ4n) is 2.12. The summed E-state index contributed by atoms with van der Waals surface area (Å²) < 4.78 is 5.72. The molecule has 18 heavy (non-hydrogen) atoms. The zero-order chi connectivity index (χ0) is 13.2. The molecule has 0 amide bonds. The maximum Gasteiger partial charge on any atom is 0.155 e. The van der Waals surface area contributed by atoms with Crippen molar-refractivity contribution < 1.29 is 9.53 Å². The third-order valence-electron chi connectivity index (χ3n) is 3.35. The Morgan fingerprint density at radius 1 is 1.11 bits per heavy atom. The first-order chi connectivity index (χ1) is 8.74. The maximum atomic E-state index is 11.2. The van der Waals surface area contributed by atoms with Gasteiger partial charge in [-0.1, -0.05) is 45.1 Å². The van der Waals surface area contributed by atoms with E-state index in [-0.39, 0.29) is 5.78 Å². The molecule has 0 aromatic rings. The van der Waals surface area contributed by atoms with Crippen LogP contribution in [0.1, 0.15) is 65.2 Å². The van der Waals surface area contributed by atoms with Gasteiger partial charge in [0, 0.05) is 6.42 Å². The van der Waals surface area contributed by atoms with Gasteiger partial charge in [-0.2, -0.15) is 0 Å². The molecule has 0 atom stereocenters. The molecule has 2 nitrogen and oxygen atoms in total. The van der Waals surface area contributed by atoms with Gasteiger partial charge in [0.25, 0.3) is 0 Å². The molecular weight excluding hydrogens is 224 g/mol. The van der Waals surface area contributed by atoms with Gasteiger partial charge in [0.1, 0.15) is 0 Å². The van der Waals surface area contributed by atoms with E-state index in [0.29, 0.717) is 0 Å². The molecule has 0 bridgehead atoms. The van der Waals surface area contributed by atoms with Crippen molar-refractivity contribution >= 4 is 5.78 Å². The SMILES string of the molecule is CCCCCCCCOC1=CC=C(C(C)=O)CC1. The third-order valence-corrected chi connectivity index (χ3v) is 3.35. The number of carbonyl (C=O) groups excluding carboxylic acids is 1. The number of Topliss-reactive ketones (excluding diaryl/α,β-unsaturated/α-hetero) is 1.